The van der Waals surface area contributed by atoms with E-state index in [0.29, 0.717) is 11.8 Å². The van der Waals surface area contributed by atoms with Crippen molar-refractivity contribution in [3.8, 4) is 0 Å². The second-order valence-corrected chi connectivity index (χ2v) is 8.77. The largest absolute Gasteiger partial charge is 0.393 e. The molecule has 3 saturated carbocycles. The van der Waals surface area contributed by atoms with Gasteiger partial charge in [-0.3, -0.25) is 0 Å². The number of hydrogen-bond donors (Lipinski definition) is 2. The highest BCUT2D eigenvalue weighted by Gasteiger charge is 2.57. The lowest BCUT2D eigenvalue weighted by atomic mass is 9.51. The first-order chi connectivity index (χ1) is 10.9. The molecule has 4 aliphatic carbocycles. The van der Waals surface area contributed by atoms with Crippen LogP contribution in [-0.4, -0.2) is 35.6 Å². The molecule has 0 saturated heterocycles. The lowest BCUT2D eigenvalue weighted by Gasteiger charge is -2.55. The summed E-state index contributed by atoms with van der Waals surface area (Å²) in [5.41, 5.74) is 3.14. The van der Waals surface area contributed by atoms with Gasteiger partial charge in [-0.15, -0.1) is 0 Å². The van der Waals surface area contributed by atoms with Gasteiger partial charge in [-0.25, -0.2) is 0 Å². The SMILES string of the molecule is CO[C@@H]1C[C@@]2(C)C(=CC=C3[C@@H]4CC[C@H](O)[C@@]4(C)CC[C@@H]32)C[C@H]1O. The van der Waals surface area contributed by atoms with Gasteiger partial charge in [-0.1, -0.05) is 37.1 Å². The quantitative estimate of drug-likeness (QED) is 0.780. The highest BCUT2D eigenvalue weighted by Crippen LogP contribution is 2.63. The first kappa shape index (κ1) is 15.9. The van der Waals surface area contributed by atoms with Gasteiger partial charge < -0.3 is 14.9 Å². The van der Waals surface area contributed by atoms with Crippen molar-refractivity contribution in [3.63, 3.8) is 0 Å². The van der Waals surface area contributed by atoms with E-state index in [1.54, 1.807) is 12.7 Å². The Kier molecular flexibility index (Phi) is 3.57. The second-order valence-electron chi connectivity index (χ2n) is 8.77. The maximum atomic E-state index is 10.5. The van der Waals surface area contributed by atoms with Crippen LogP contribution in [0.1, 0.15) is 52.4 Å². The van der Waals surface area contributed by atoms with Crippen molar-refractivity contribution in [2.45, 2.75) is 70.7 Å². The van der Waals surface area contributed by atoms with E-state index in [2.05, 4.69) is 26.0 Å². The average molecular weight is 318 g/mol. The van der Waals surface area contributed by atoms with Crippen LogP contribution in [0, 0.1) is 22.7 Å². The maximum Gasteiger partial charge on any atom is 0.0841 e. The van der Waals surface area contributed by atoms with Gasteiger partial charge in [0.1, 0.15) is 0 Å². The van der Waals surface area contributed by atoms with E-state index in [1.807, 2.05) is 0 Å². The fourth-order valence-corrected chi connectivity index (χ4v) is 6.22. The minimum Gasteiger partial charge on any atom is -0.393 e. The van der Waals surface area contributed by atoms with Crippen LogP contribution in [0.15, 0.2) is 23.3 Å². The Morgan fingerprint density at radius 3 is 2.61 bits per heavy atom. The molecule has 0 unspecified atom stereocenters. The van der Waals surface area contributed by atoms with E-state index in [-0.39, 0.29) is 29.1 Å². The van der Waals surface area contributed by atoms with E-state index in [4.69, 9.17) is 4.74 Å². The van der Waals surface area contributed by atoms with Gasteiger partial charge in [0.2, 0.25) is 0 Å². The number of aliphatic hydroxyl groups excluding tert-OH is 2. The van der Waals surface area contributed by atoms with Gasteiger partial charge in [0.25, 0.3) is 0 Å². The van der Waals surface area contributed by atoms with Gasteiger partial charge in [0.05, 0.1) is 18.3 Å². The summed E-state index contributed by atoms with van der Waals surface area (Å²) in [5.74, 6) is 1.08. The monoisotopic (exact) mass is 318 g/mol. The first-order valence-electron chi connectivity index (χ1n) is 9.20. The molecule has 4 aliphatic rings. The van der Waals surface area contributed by atoms with Crippen LogP contribution in [-0.2, 0) is 4.74 Å². The minimum absolute atomic E-state index is 0.0565. The molecule has 0 heterocycles. The van der Waals surface area contributed by atoms with E-state index in [9.17, 15) is 10.2 Å². The molecule has 23 heavy (non-hydrogen) atoms. The van der Waals surface area contributed by atoms with Crippen molar-refractivity contribution >= 4 is 0 Å². The number of allylic oxidation sites excluding steroid dienone is 3. The van der Waals surface area contributed by atoms with Crippen LogP contribution in [0.25, 0.3) is 0 Å². The van der Waals surface area contributed by atoms with Crippen molar-refractivity contribution in [2.75, 3.05) is 7.11 Å². The van der Waals surface area contributed by atoms with Crippen LogP contribution in [0.5, 0.6) is 0 Å². The third-order valence-corrected chi connectivity index (χ3v) is 7.83. The molecule has 0 bridgehead atoms. The number of methoxy groups -OCH3 is 1. The summed E-state index contributed by atoms with van der Waals surface area (Å²) in [6.07, 6.45) is 10.00. The fraction of sp³-hybridized carbons (Fsp3) is 0.800. The zero-order chi connectivity index (χ0) is 16.4. The van der Waals surface area contributed by atoms with Gasteiger partial charge in [0, 0.05) is 12.5 Å². The molecule has 7 atom stereocenters. The molecule has 0 amide bonds. The molecule has 0 spiro atoms. The Bertz CT molecular complexity index is 565. The summed E-state index contributed by atoms with van der Waals surface area (Å²) < 4.78 is 5.58. The van der Waals surface area contributed by atoms with Gasteiger partial charge in [-0.05, 0) is 55.8 Å². The normalized spacial score (nSPS) is 52.1. The smallest absolute Gasteiger partial charge is 0.0841 e. The summed E-state index contributed by atoms with van der Waals surface area (Å²) in [4.78, 5) is 0. The molecule has 3 fully saturated rings. The van der Waals surface area contributed by atoms with Gasteiger partial charge in [-0.2, -0.15) is 0 Å². The third kappa shape index (κ3) is 2.06. The van der Waals surface area contributed by atoms with Crippen molar-refractivity contribution in [3.05, 3.63) is 23.3 Å². The van der Waals surface area contributed by atoms with Crippen LogP contribution in [0.4, 0.5) is 0 Å². The topological polar surface area (TPSA) is 49.7 Å². The highest BCUT2D eigenvalue weighted by atomic mass is 16.5. The molecule has 0 aromatic rings. The molecular weight excluding hydrogens is 288 g/mol. The van der Waals surface area contributed by atoms with Crippen LogP contribution in [0.2, 0.25) is 0 Å². The molecule has 0 aromatic heterocycles. The Hall–Kier alpha value is -0.640. The summed E-state index contributed by atoms with van der Waals surface area (Å²) in [5, 5.41) is 20.8. The summed E-state index contributed by atoms with van der Waals surface area (Å²) >= 11 is 0. The molecule has 3 nitrogen and oxygen atoms in total. The van der Waals surface area contributed by atoms with Crippen molar-refractivity contribution in [1.82, 2.24) is 0 Å². The average Bonchev–Trinajstić information content (AvgIpc) is 2.83. The third-order valence-electron chi connectivity index (χ3n) is 7.83. The van der Waals surface area contributed by atoms with Crippen LogP contribution >= 0.6 is 0 Å². The van der Waals surface area contributed by atoms with Crippen LogP contribution in [0.3, 0.4) is 0 Å². The number of aliphatic hydroxyl groups is 2. The molecule has 3 heteroatoms. The molecule has 128 valence electrons. The summed E-state index contributed by atoms with van der Waals surface area (Å²) in [6, 6.07) is 0. The Morgan fingerprint density at radius 2 is 1.87 bits per heavy atom. The zero-order valence-corrected chi connectivity index (χ0v) is 14.6. The molecular formula is C20H30O3. The standard InChI is InChI=1S/C20H30O3/c1-19-9-8-15-13(14(19)6-7-18(19)22)5-4-12-10-16(21)17(23-3)11-20(12,15)2/h4-5,14-18,21-22H,6-11H2,1-3H3/t14-,15-,16+,17+,18-,19-,20-/m0/s1. The number of hydrogen-bond acceptors (Lipinski definition) is 3. The first-order valence-corrected chi connectivity index (χ1v) is 9.20. The van der Waals surface area contributed by atoms with Crippen molar-refractivity contribution in [2.24, 2.45) is 22.7 Å². The van der Waals surface area contributed by atoms with Gasteiger partial charge in [0.15, 0.2) is 0 Å². The minimum atomic E-state index is -0.378. The van der Waals surface area contributed by atoms with E-state index < -0.39 is 0 Å². The number of fused-ring (bicyclic) bond motifs is 5. The second kappa shape index (κ2) is 5.18. The molecule has 4 rings (SSSR count). The van der Waals surface area contributed by atoms with E-state index in [0.717, 1.165) is 38.5 Å². The molecule has 2 N–H and O–H groups in total. The predicted octanol–water partition coefficient (Wildman–Crippen LogP) is 3.22. The Balaban J connectivity index is 1.72. The summed E-state index contributed by atoms with van der Waals surface area (Å²) in [6.45, 7) is 4.67. The molecule has 0 aromatic carbocycles. The van der Waals surface area contributed by atoms with Crippen LogP contribution < -0.4 is 0 Å². The van der Waals surface area contributed by atoms with Crippen molar-refractivity contribution in [1.29, 1.82) is 0 Å². The fourth-order valence-electron chi connectivity index (χ4n) is 6.22. The predicted molar refractivity (Wildman–Crippen MR) is 89.9 cm³/mol. The van der Waals surface area contributed by atoms with E-state index in [1.165, 1.54) is 5.57 Å². The molecule has 0 aliphatic heterocycles. The highest BCUT2D eigenvalue weighted by molar-refractivity contribution is 5.39. The maximum absolute atomic E-state index is 10.5. The Morgan fingerprint density at radius 1 is 1.09 bits per heavy atom. The number of ether oxygens (including phenoxy) is 1. The van der Waals surface area contributed by atoms with Gasteiger partial charge >= 0.3 is 0 Å². The Labute approximate surface area is 139 Å². The number of rotatable bonds is 1. The zero-order valence-electron chi connectivity index (χ0n) is 14.6. The lowest BCUT2D eigenvalue weighted by Crippen LogP contribution is -2.50. The van der Waals surface area contributed by atoms with Crippen molar-refractivity contribution < 1.29 is 14.9 Å². The lowest BCUT2D eigenvalue weighted by molar-refractivity contribution is -0.0679. The van der Waals surface area contributed by atoms with E-state index >= 15 is 0 Å². The summed E-state index contributed by atoms with van der Waals surface area (Å²) in [7, 11) is 1.72. The molecule has 0 radical (unpaired) electrons.